The van der Waals surface area contributed by atoms with Gasteiger partial charge >= 0.3 is 11.9 Å². The highest BCUT2D eigenvalue weighted by molar-refractivity contribution is 5.99. The zero-order valence-electron chi connectivity index (χ0n) is 10.7. The summed E-state index contributed by atoms with van der Waals surface area (Å²) in [6, 6.07) is 0. The minimum atomic E-state index is -3.34. The zero-order valence-corrected chi connectivity index (χ0v) is 10.7. The molecule has 0 saturated carbocycles. The van der Waals surface area contributed by atoms with Crippen LogP contribution in [0.1, 0.15) is 33.6 Å². The van der Waals surface area contributed by atoms with Gasteiger partial charge in [0.05, 0.1) is 0 Å². The number of alkyl halides is 2. The molecule has 0 aliphatic heterocycles. The molecule has 0 saturated heterocycles. The van der Waals surface area contributed by atoms with Crippen LogP contribution >= 0.6 is 0 Å². The molecule has 104 valence electrons. The first-order valence-electron chi connectivity index (χ1n) is 5.44. The van der Waals surface area contributed by atoms with Crippen LogP contribution in [0.2, 0.25) is 0 Å². The standard InChI is InChI=1S/C12H18F2O4/c1-5-6-7-12(8(13)14,9(15)16)10(17)18-11(2,3)4/h5,8H,1,6-7H2,2-4H3,(H,15,16). The summed E-state index contributed by atoms with van der Waals surface area (Å²) in [6.07, 6.45) is -2.62. The summed E-state index contributed by atoms with van der Waals surface area (Å²) in [4.78, 5) is 22.8. The Labute approximate surface area is 105 Å². The first kappa shape index (κ1) is 16.5. The van der Waals surface area contributed by atoms with Crippen molar-refractivity contribution in [2.45, 2.75) is 45.6 Å². The van der Waals surface area contributed by atoms with E-state index in [1.807, 2.05) is 0 Å². The highest BCUT2D eigenvalue weighted by Gasteiger charge is 2.56. The average Bonchev–Trinajstić information content (AvgIpc) is 2.14. The lowest BCUT2D eigenvalue weighted by molar-refractivity contribution is -0.189. The summed E-state index contributed by atoms with van der Waals surface area (Å²) in [5.74, 6) is -3.30. The summed E-state index contributed by atoms with van der Waals surface area (Å²) in [5, 5.41) is 8.97. The van der Waals surface area contributed by atoms with Crippen molar-refractivity contribution in [1.82, 2.24) is 0 Å². The molecule has 0 heterocycles. The van der Waals surface area contributed by atoms with Crippen LogP contribution in [0.4, 0.5) is 8.78 Å². The molecule has 4 nitrogen and oxygen atoms in total. The van der Waals surface area contributed by atoms with Crippen molar-refractivity contribution in [2.24, 2.45) is 5.41 Å². The number of carboxylic acid groups (broad SMARTS) is 1. The Balaban J connectivity index is 5.35. The van der Waals surface area contributed by atoms with Crippen LogP contribution in [0.15, 0.2) is 12.7 Å². The summed E-state index contributed by atoms with van der Waals surface area (Å²) >= 11 is 0. The Morgan fingerprint density at radius 2 is 1.89 bits per heavy atom. The van der Waals surface area contributed by atoms with E-state index >= 15 is 0 Å². The van der Waals surface area contributed by atoms with Gasteiger partial charge < -0.3 is 9.84 Å². The van der Waals surface area contributed by atoms with Crippen molar-refractivity contribution in [2.75, 3.05) is 0 Å². The molecule has 0 fully saturated rings. The van der Waals surface area contributed by atoms with E-state index in [0.717, 1.165) is 0 Å². The Morgan fingerprint density at radius 3 is 2.17 bits per heavy atom. The van der Waals surface area contributed by atoms with Gasteiger partial charge in [0.15, 0.2) is 0 Å². The van der Waals surface area contributed by atoms with Crippen molar-refractivity contribution in [3.63, 3.8) is 0 Å². The molecule has 0 amide bonds. The monoisotopic (exact) mass is 264 g/mol. The van der Waals surface area contributed by atoms with E-state index in [1.54, 1.807) is 0 Å². The summed E-state index contributed by atoms with van der Waals surface area (Å²) in [7, 11) is 0. The van der Waals surface area contributed by atoms with Crippen molar-refractivity contribution in [3.8, 4) is 0 Å². The van der Waals surface area contributed by atoms with E-state index in [2.05, 4.69) is 6.58 Å². The van der Waals surface area contributed by atoms with E-state index in [-0.39, 0.29) is 6.42 Å². The van der Waals surface area contributed by atoms with Gasteiger partial charge in [-0.3, -0.25) is 9.59 Å². The van der Waals surface area contributed by atoms with E-state index in [1.165, 1.54) is 26.8 Å². The quantitative estimate of drug-likeness (QED) is 0.455. The van der Waals surface area contributed by atoms with Crippen molar-refractivity contribution < 1.29 is 28.2 Å². The van der Waals surface area contributed by atoms with Gasteiger partial charge in [-0.25, -0.2) is 8.78 Å². The SMILES string of the molecule is C=CCCC(C(=O)O)(C(=O)OC(C)(C)C)C(F)F. The molecule has 0 aliphatic carbocycles. The molecule has 18 heavy (non-hydrogen) atoms. The molecule has 0 rings (SSSR count). The molecule has 0 spiro atoms. The topological polar surface area (TPSA) is 63.6 Å². The van der Waals surface area contributed by atoms with Crippen molar-refractivity contribution in [3.05, 3.63) is 12.7 Å². The van der Waals surface area contributed by atoms with Crippen LogP contribution in [0.5, 0.6) is 0 Å². The molecule has 0 aromatic heterocycles. The maximum absolute atomic E-state index is 13.0. The lowest BCUT2D eigenvalue weighted by atomic mass is 9.83. The number of rotatable bonds is 6. The van der Waals surface area contributed by atoms with Gasteiger partial charge in [-0.15, -0.1) is 6.58 Å². The zero-order chi connectivity index (χ0) is 14.6. The summed E-state index contributed by atoms with van der Waals surface area (Å²) < 4.78 is 30.9. The Hall–Kier alpha value is -1.46. The predicted octanol–water partition coefficient (Wildman–Crippen LogP) is 2.63. The fourth-order valence-electron chi connectivity index (χ4n) is 1.29. The number of ether oxygens (including phenoxy) is 1. The van der Waals surface area contributed by atoms with Crippen molar-refractivity contribution >= 4 is 11.9 Å². The minimum absolute atomic E-state index is 0.0180. The second-order valence-electron chi connectivity index (χ2n) is 4.91. The fraction of sp³-hybridized carbons (Fsp3) is 0.667. The van der Waals surface area contributed by atoms with Gasteiger partial charge in [-0.05, 0) is 33.6 Å². The minimum Gasteiger partial charge on any atom is -0.480 e. The van der Waals surface area contributed by atoms with Crippen LogP contribution in [0, 0.1) is 5.41 Å². The van der Waals surface area contributed by atoms with Gasteiger partial charge in [0, 0.05) is 0 Å². The number of carboxylic acids is 1. The van der Waals surface area contributed by atoms with Gasteiger partial charge in [-0.2, -0.15) is 0 Å². The molecule has 0 aromatic carbocycles. The highest BCUT2D eigenvalue weighted by Crippen LogP contribution is 2.35. The van der Waals surface area contributed by atoms with Crippen LogP contribution in [-0.2, 0) is 14.3 Å². The lowest BCUT2D eigenvalue weighted by Crippen LogP contribution is -2.48. The van der Waals surface area contributed by atoms with Crippen LogP contribution < -0.4 is 0 Å². The number of allylic oxidation sites excluding steroid dienone is 1. The molecule has 0 bridgehead atoms. The molecule has 0 aromatic rings. The third-order valence-electron chi connectivity index (χ3n) is 2.26. The van der Waals surface area contributed by atoms with E-state index < -0.39 is 35.8 Å². The Kier molecular flexibility index (Phi) is 5.45. The normalized spacial score (nSPS) is 15.0. The van der Waals surface area contributed by atoms with Crippen LogP contribution in [0.3, 0.4) is 0 Å². The number of hydrogen-bond donors (Lipinski definition) is 1. The van der Waals surface area contributed by atoms with Crippen molar-refractivity contribution in [1.29, 1.82) is 0 Å². The molecule has 1 N–H and O–H groups in total. The molecular weight excluding hydrogens is 246 g/mol. The number of halogens is 2. The number of carbonyl (C=O) groups excluding carboxylic acids is 1. The summed E-state index contributed by atoms with van der Waals surface area (Å²) in [6.45, 7) is 7.77. The molecule has 1 atom stereocenters. The van der Waals surface area contributed by atoms with Crippen LogP contribution in [-0.4, -0.2) is 29.1 Å². The smallest absolute Gasteiger partial charge is 0.330 e. The molecule has 0 radical (unpaired) electrons. The first-order valence-corrected chi connectivity index (χ1v) is 5.44. The fourth-order valence-corrected chi connectivity index (χ4v) is 1.29. The van der Waals surface area contributed by atoms with Gasteiger partial charge in [0.1, 0.15) is 5.60 Å². The molecule has 0 aliphatic rings. The molecular formula is C12H18F2O4. The number of esters is 1. The summed E-state index contributed by atoms with van der Waals surface area (Å²) in [5.41, 5.74) is -3.86. The maximum Gasteiger partial charge on any atom is 0.330 e. The van der Waals surface area contributed by atoms with Gasteiger partial charge in [-0.1, -0.05) is 6.08 Å². The second-order valence-corrected chi connectivity index (χ2v) is 4.91. The second kappa shape index (κ2) is 5.93. The van der Waals surface area contributed by atoms with Gasteiger partial charge in [0.25, 0.3) is 6.43 Å². The van der Waals surface area contributed by atoms with Crippen LogP contribution in [0.25, 0.3) is 0 Å². The Morgan fingerprint density at radius 1 is 1.39 bits per heavy atom. The predicted molar refractivity (Wildman–Crippen MR) is 61.3 cm³/mol. The third kappa shape index (κ3) is 3.78. The average molecular weight is 264 g/mol. The van der Waals surface area contributed by atoms with Gasteiger partial charge in [0.2, 0.25) is 5.41 Å². The third-order valence-corrected chi connectivity index (χ3v) is 2.26. The molecule has 1 unspecified atom stereocenters. The highest BCUT2D eigenvalue weighted by atomic mass is 19.3. The maximum atomic E-state index is 13.0. The number of aliphatic carboxylic acids is 1. The number of hydrogen-bond acceptors (Lipinski definition) is 3. The largest absolute Gasteiger partial charge is 0.480 e. The number of carbonyl (C=O) groups is 2. The first-order chi connectivity index (χ1) is 8.08. The van der Waals surface area contributed by atoms with E-state index in [0.29, 0.717) is 0 Å². The Bertz CT molecular complexity index is 333. The van der Waals surface area contributed by atoms with E-state index in [4.69, 9.17) is 9.84 Å². The lowest BCUT2D eigenvalue weighted by Gasteiger charge is -2.30. The molecule has 6 heteroatoms. The van der Waals surface area contributed by atoms with E-state index in [9.17, 15) is 18.4 Å².